The van der Waals surface area contributed by atoms with Crippen molar-refractivity contribution in [3.63, 3.8) is 0 Å². The van der Waals surface area contributed by atoms with Gasteiger partial charge >= 0.3 is 0 Å². The predicted molar refractivity (Wildman–Crippen MR) is 56.2 cm³/mol. The van der Waals surface area contributed by atoms with Gasteiger partial charge in [-0.05, 0) is 30.4 Å². The number of carbonyl (C=O) groups excluding carboxylic acids is 1. The molecule has 1 rings (SSSR count). The molecule has 0 saturated carbocycles. The number of nitrogens with zero attached hydrogens (tertiary/aromatic N) is 1. The summed E-state index contributed by atoms with van der Waals surface area (Å²) in [5, 5.41) is 13.2. The van der Waals surface area contributed by atoms with Gasteiger partial charge in [-0.15, -0.1) is 11.3 Å². The zero-order chi connectivity index (χ0) is 10.6. The Morgan fingerprint density at radius 2 is 2.50 bits per heavy atom. The van der Waals surface area contributed by atoms with E-state index in [4.69, 9.17) is 5.26 Å². The summed E-state index contributed by atoms with van der Waals surface area (Å²) in [4.78, 5) is 12.3. The average Bonchev–Trinajstić information content (AvgIpc) is 2.60. The van der Waals surface area contributed by atoms with Gasteiger partial charge in [0.05, 0.1) is 10.9 Å². The highest BCUT2D eigenvalue weighted by Crippen LogP contribution is 2.15. The maximum absolute atomic E-state index is 11.6. The fourth-order valence-electron chi connectivity index (χ4n) is 1.05. The Balaban J connectivity index is 2.69. The zero-order valence-electron chi connectivity index (χ0n) is 8.20. The van der Waals surface area contributed by atoms with Crippen molar-refractivity contribution in [2.75, 3.05) is 0 Å². The van der Waals surface area contributed by atoms with Crippen molar-refractivity contribution in [3.05, 3.63) is 21.9 Å². The topological polar surface area (TPSA) is 52.9 Å². The SMILES string of the molecule is CCC(C#N)NC(=O)c1sccc1C. The van der Waals surface area contributed by atoms with Gasteiger partial charge in [-0.1, -0.05) is 6.92 Å². The smallest absolute Gasteiger partial charge is 0.262 e. The van der Waals surface area contributed by atoms with Gasteiger partial charge in [0.2, 0.25) is 0 Å². The van der Waals surface area contributed by atoms with E-state index in [2.05, 4.69) is 5.32 Å². The second-order valence-corrected chi connectivity index (χ2v) is 3.91. The Bertz CT molecular complexity index is 364. The number of carbonyl (C=O) groups is 1. The van der Waals surface area contributed by atoms with Crippen molar-refractivity contribution in [2.24, 2.45) is 0 Å². The fourth-order valence-corrected chi connectivity index (χ4v) is 1.88. The van der Waals surface area contributed by atoms with E-state index in [-0.39, 0.29) is 11.9 Å². The minimum Gasteiger partial charge on any atom is -0.336 e. The third kappa shape index (κ3) is 2.33. The van der Waals surface area contributed by atoms with Crippen LogP contribution in [0.4, 0.5) is 0 Å². The van der Waals surface area contributed by atoms with Crippen molar-refractivity contribution in [1.82, 2.24) is 5.32 Å². The summed E-state index contributed by atoms with van der Waals surface area (Å²) in [5.41, 5.74) is 0.959. The first-order valence-corrected chi connectivity index (χ1v) is 5.31. The Morgan fingerprint density at radius 1 is 1.79 bits per heavy atom. The lowest BCUT2D eigenvalue weighted by Crippen LogP contribution is -2.32. The van der Waals surface area contributed by atoms with Gasteiger partial charge in [0.25, 0.3) is 5.91 Å². The van der Waals surface area contributed by atoms with Gasteiger partial charge in [-0.3, -0.25) is 4.79 Å². The number of hydrogen-bond acceptors (Lipinski definition) is 3. The summed E-state index contributed by atoms with van der Waals surface area (Å²) in [6, 6.07) is 3.55. The number of aryl methyl sites for hydroxylation is 1. The normalized spacial score (nSPS) is 11.8. The molecule has 74 valence electrons. The predicted octanol–water partition coefficient (Wildman–Crippen LogP) is 2.09. The van der Waals surface area contributed by atoms with Crippen LogP contribution in [0.15, 0.2) is 11.4 Å². The molecule has 0 aromatic carbocycles. The van der Waals surface area contributed by atoms with Crippen molar-refractivity contribution in [1.29, 1.82) is 5.26 Å². The Kier molecular flexibility index (Phi) is 3.66. The van der Waals surface area contributed by atoms with Crippen LogP contribution in [0, 0.1) is 18.3 Å². The van der Waals surface area contributed by atoms with Crippen LogP contribution in [-0.4, -0.2) is 11.9 Å². The molecule has 0 saturated heterocycles. The standard InChI is InChI=1S/C10H12N2OS/c1-3-8(6-11)12-10(13)9-7(2)4-5-14-9/h4-5,8H,3H2,1-2H3,(H,12,13). The molecule has 0 bridgehead atoms. The minimum absolute atomic E-state index is 0.147. The number of hydrogen-bond donors (Lipinski definition) is 1. The second-order valence-electron chi connectivity index (χ2n) is 3.00. The molecule has 3 nitrogen and oxygen atoms in total. The number of nitriles is 1. The maximum Gasteiger partial charge on any atom is 0.262 e. The molecule has 0 aliphatic rings. The first-order chi connectivity index (χ1) is 6.69. The molecule has 0 aliphatic carbocycles. The van der Waals surface area contributed by atoms with E-state index < -0.39 is 0 Å². The molecule has 1 atom stereocenters. The van der Waals surface area contributed by atoms with Gasteiger partial charge in [-0.25, -0.2) is 0 Å². The second kappa shape index (κ2) is 4.77. The monoisotopic (exact) mass is 208 g/mol. The Hall–Kier alpha value is -1.34. The molecule has 1 unspecified atom stereocenters. The molecule has 1 aromatic rings. The largest absolute Gasteiger partial charge is 0.336 e. The van der Waals surface area contributed by atoms with Crippen LogP contribution in [0.2, 0.25) is 0 Å². The lowest BCUT2D eigenvalue weighted by Gasteiger charge is -2.07. The average molecular weight is 208 g/mol. The molecule has 0 radical (unpaired) electrons. The van der Waals surface area contributed by atoms with Crippen molar-refractivity contribution < 1.29 is 4.79 Å². The van der Waals surface area contributed by atoms with Crippen LogP contribution < -0.4 is 5.32 Å². The van der Waals surface area contributed by atoms with Gasteiger partial charge < -0.3 is 5.32 Å². The fraction of sp³-hybridized carbons (Fsp3) is 0.400. The first kappa shape index (κ1) is 10.7. The van der Waals surface area contributed by atoms with Crippen LogP contribution in [0.5, 0.6) is 0 Å². The van der Waals surface area contributed by atoms with Gasteiger partial charge in [0.15, 0.2) is 0 Å². The van der Waals surface area contributed by atoms with E-state index in [0.29, 0.717) is 11.3 Å². The van der Waals surface area contributed by atoms with E-state index in [9.17, 15) is 4.79 Å². The molecule has 1 amide bonds. The summed E-state index contributed by atoms with van der Waals surface area (Å²) in [5.74, 6) is -0.147. The molecule has 1 heterocycles. The number of nitrogens with one attached hydrogen (secondary N) is 1. The van der Waals surface area contributed by atoms with E-state index in [1.54, 1.807) is 0 Å². The van der Waals surface area contributed by atoms with Gasteiger partial charge in [-0.2, -0.15) is 5.26 Å². The third-order valence-corrected chi connectivity index (χ3v) is 2.95. The molecular formula is C10H12N2OS. The molecule has 0 fully saturated rings. The van der Waals surface area contributed by atoms with Crippen molar-refractivity contribution in [3.8, 4) is 6.07 Å². The van der Waals surface area contributed by atoms with Crippen molar-refractivity contribution in [2.45, 2.75) is 26.3 Å². The summed E-state index contributed by atoms with van der Waals surface area (Å²) >= 11 is 1.40. The minimum atomic E-state index is -0.385. The van der Waals surface area contributed by atoms with Gasteiger partial charge in [0.1, 0.15) is 6.04 Å². The van der Waals surface area contributed by atoms with Crippen LogP contribution >= 0.6 is 11.3 Å². The summed E-state index contributed by atoms with van der Waals surface area (Å²) in [6.45, 7) is 3.76. The van der Waals surface area contributed by atoms with E-state index in [0.717, 1.165) is 5.56 Å². The first-order valence-electron chi connectivity index (χ1n) is 4.43. The quantitative estimate of drug-likeness (QED) is 0.826. The van der Waals surface area contributed by atoms with Crippen LogP contribution in [0.3, 0.4) is 0 Å². The molecular weight excluding hydrogens is 196 g/mol. The summed E-state index contributed by atoms with van der Waals surface area (Å²) in [7, 11) is 0. The number of rotatable bonds is 3. The Morgan fingerprint density at radius 3 is 2.93 bits per heavy atom. The molecule has 1 N–H and O–H groups in total. The highest BCUT2D eigenvalue weighted by molar-refractivity contribution is 7.12. The van der Waals surface area contributed by atoms with E-state index in [1.165, 1.54) is 11.3 Å². The lowest BCUT2D eigenvalue weighted by molar-refractivity contribution is 0.0948. The van der Waals surface area contributed by atoms with Crippen molar-refractivity contribution >= 4 is 17.2 Å². The molecule has 0 spiro atoms. The molecule has 1 aromatic heterocycles. The number of amides is 1. The third-order valence-electron chi connectivity index (χ3n) is 1.94. The lowest BCUT2D eigenvalue weighted by atomic mass is 10.2. The highest BCUT2D eigenvalue weighted by atomic mass is 32.1. The number of thiophene rings is 1. The zero-order valence-corrected chi connectivity index (χ0v) is 9.02. The molecule has 4 heteroatoms. The van der Waals surface area contributed by atoms with Crippen LogP contribution in [0.25, 0.3) is 0 Å². The van der Waals surface area contributed by atoms with Gasteiger partial charge in [0, 0.05) is 0 Å². The highest BCUT2D eigenvalue weighted by Gasteiger charge is 2.13. The summed E-state index contributed by atoms with van der Waals surface area (Å²) < 4.78 is 0. The molecule has 0 aliphatic heterocycles. The van der Waals surface area contributed by atoms with Crippen LogP contribution in [0.1, 0.15) is 28.6 Å². The summed E-state index contributed by atoms with van der Waals surface area (Å²) in [6.07, 6.45) is 0.632. The van der Waals surface area contributed by atoms with E-state index >= 15 is 0 Å². The van der Waals surface area contributed by atoms with Crippen LogP contribution in [-0.2, 0) is 0 Å². The molecule has 14 heavy (non-hydrogen) atoms. The Labute approximate surface area is 87.4 Å². The van der Waals surface area contributed by atoms with E-state index in [1.807, 2.05) is 31.4 Å². The maximum atomic E-state index is 11.6.